The van der Waals surface area contributed by atoms with E-state index in [0.29, 0.717) is 6.04 Å². The second-order valence-corrected chi connectivity index (χ2v) is 6.33. The average Bonchev–Trinajstić information content (AvgIpc) is 2.41. The summed E-state index contributed by atoms with van der Waals surface area (Å²) in [5.41, 5.74) is 0. The molecule has 0 aromatic carbocycles. The van der Waals surface area contributed by atoms with E-state index in [4.69, 9.17) is 4.74 Å². The quantitative estimate of drug-likeness (QED) is 0.768. The maximum atomic E-state index is 5.45. The monoisotopic (exact) mass is 268 g/mol. The molecule has 2 heterocycles. The largest absolute Gasteiger partial charge is 0.383 e. The number of methoxy groups -OCH3 is 1. The molecule has 2 aliphatic rings. The van der Waals surface area contributed by atoms with Crippen molar-refractivity contribution in [2.45, 2.75) is 83.0 Å². The molecule has 2 rings (SSSR count). The van der Waals surface area contributed by atoms with Gasteiger partial charge in [-0.1, -0.05) is 20.3 Å². The van der Waals surface area contributed by atoms with E-state index in [9.17, 15) is 0 Å². The number of hydrogen-bond donors (Lipinski definition) is 1. The number of piperidine rings is 2. The number of fused-ring (bicyclic) bond motifs is 2. The lowest BCUT2D eigenvalue weighted by Crippen LogP contribution is -2.60. The third-order valence-electron chi connectivity index (χ3n) is 4.97. The van der Waals surface area contributed by atoms with Gasteiger partial charge in [-0.2, -0.15) is 0 Å². The molecule has 2 fully saturated rings. The molecule has 0 spiro atoms. The van der Waals surface area contributed by atoms with Crippen molar-refractivity contribution in [2.24, 2.45) is 0 Å². The van der Waals surface area contributed by atoms with Crippen molar-refractivity contribution in [3.8, 4) is 0 Å². The first kappa shape index (κ1) is 15.3. The van der Waals surface area contributed by atoms with E-state index >= 15 is 0 Å². The molecule has 3 nitrogen and oxygen atoms in total. The minimum atomic E-state index is 0.632. The summed E-state index contributed by atoms with van der Waals surface area (Å²) in [5, 5.41) is 3.75. The minimum absolute atomic E-state index is 0.632. The maximum Gasteiger partial charge on any atom is 0.0618 e. The van der Waals surface area contributed by atoms with E-state index in [2.05, 4.69) is 24.1 Å². The third-order valence-corrected chi connectivity index (χ3v) is 4.97. The Kier molecular flexibility index (Phi) is 6.11. The zero-order valence-corrected chi connectivity index (χ0v) is 13.0. The summed E-state index contributed by atoms with van der Waals surface area (Å²) >= 11 is 0. The second kappa shape index (κ2) is 7.61. The van der Waals surface area contributed by atoms with Gasteiger partial charge in [-0.3, -0.25) is 4.90 Å². The lowest BCUT2D eigenvalue weighted by molar-refractivity contribution is -0.0358. The number of nitrogens with zero attached hydrogens (tertiary/aromatic N) is 1. The number of hydrogen-bond acceptors (Lipinski definition) is 3. The van der Waals surface area contributed by atoms with Crippen LogP contribution in [0, 0.1) is 0 Å². The van der Waals surface area contributed by atoms with E-state index in [1.54, 1.807) is 0 Å². The average molecular weight is 268 g/mol. The topological polar surface area (TPSA) is 24.5 Å². The Hall–Kier alpha value is -0.120. The van der Waals surface area contributed by atoms with Crippen molar-refractivity contribution >= 4 is 0 Å². The van der Waals surface area contributed by atoms with Crippen LogP contribution in [0.1, 0.15) is 58.8 Å². The van der Waals surface area contributed by atoms with Gasteiger partial charge >= 0.3 is 0 Å². The van der Waals surface area contributed by atoms with Gasteiger partial charge < -0.3 is 10.1 Å². The zero-order chi connectivity index (χ0) is 13.7. The molecule has 112 valence electrons. The summed E-state index contributed by atoms with van der Waals surface area (Å²) in [6.07, 6.45) is 9.36. The Balaban J connectivity index is 1.98. The summed E-state index contributed by atoms with van der Waals surface area (Å²) < 4.78 is 5.45. The first-order valence-electron chi connectivity index (χ1n) is 8.29. The molecule has 0 saturated carbocycles. The van der Waals surface area contributed by atoms with Crippen LogP contribution in [-0.2, 0) is 4.74 Å². The van der Waals surface area contributed by atoms with E-state index in [0.717, 1.165) is 24.7 Å². The molecule has 0 amide bonds. The molecule has 3 atom stereocenters. The van der Waals surface area contributed by atoms with Gasteiger partial charge in [0.25, 0.3) is 0 Å². The highest BCUT2D eigenvalue weighted by Crippen LogP contribution is 2.36. The highest BCUT2D eigenvalue weighted by molar-refractivity contribution is 4.97. The molecule has 3 unspecified atom stereocenters. The van der Waals surface area contributed by atoms with Crippen LogP contribution in [0.2, 0.25) is 0 Å². The molecule has 0 radical (unpaired) electrons. The zero-order valence-electron chi connectivity index (χ0n) is 13.0. The number of nitrogens with one attached hydrogen (secondary N) is 1. The Morgan fingerprint density at radius 1 is 1.21 bits per heavy atom. The predicted molar refractivity (Wildman–Crippen MR) is 80.5 cm³/mol. The Morgan fingerprint density at radius 3 is 2.42 bits per heavy atom. The first-order chi connectivity index (χ1) is 9.30. The summed E-state index contributed by atoms with van der Waals surface area (Å²) in [6.45, 7) is 6.64. The number of ether oxygens (including phenoxy) is 1. The lowest BCUT2D eigenvalue weighted by atomic mass is 9.80. The van der Waals surface area contributed by atoms with Crippen molar-refractivity contribution < 1.29 is 4.74 Å². The maximum absolute atomic E-state index is 5.45. The van der Waals surface area contributed by atoms with Gasteiger partial charge in [-0.25, -0.2) is 0 Å². The fourth-order valence-corrected chi connectivity index (χ4v) is 4.14. The van der Waals surface area contributed by atoms with Gasteiger partial charge in [0.15, 0.2) is 0 Å². The highest BCUT2D eigenvalue weighted by Gasteiger charge is 2.40. The highest BCUT2D eigenvalue weighted by atomic mass is 16.5. The summed E-state index contributed by atoms with van der Waals surface area (Å²) in [6, 6.07) is 2.97. The van der Waals surface area contributed by atoms with Crippen LogP contribution in [0.3, 0.4) is 0 Å². The van der Waals surface area contributed by atoms with Crippen LogP contribution in [-0.4, -0.2) is 49.3 Å². The molecule has 19 heavy (non-hydrogen) atoms. The van der Waals surface area contributed by atoms with Crippen LogP contribution >= 0.6 is 0 Å². The summed E-state index contributed by atoms with van der Waals surface area (Å²) in [7, 11) is 1.84. The van der Waals surface area contributed by atoms with Crippen molar-refractivity contribution in [3.63, 3.8) is 0 Å². The molecular formula is C16H32N2O. The van der Waals surface area contributed by atoms with Crippen molar-refractivity contribution in [3.05, 3.63) is 0 Å². The molecular weight excluding hydrogens is 236 g/mol. The van der Waals surface area contributed by atoms with Gasteiger partial charge in [-0.05, 0) is 45.1 Å². The summed E-state index contributed by atoms with van der Waals surface area (Å²) in [4.78, 5) is 2.82. The Morgan fingerprint density at radius 2 is 1.89 bits per heavy atom. The molecule has 0 aliphatic carbocycles. The first-order valence-corrected chi connectivity index (χ1v) is 8.29. The normalized spacial score (nSPS) is 33.3. The van der Waals surface area contributed by atoms with Crippen molar-refractivity contribution in [2.75, 3.05) is 20.3 Å². The number of rotatable bonds is 7. The van der Waals surface area contributed by atoms with Crippen LogP contribution in [0.5, 0.6) is 0 Å². The van der Waals surface area contributed by atoms with Crippen LogP contribution in [0.25, 0.3) is 0 Å². The molecule has 0 aromatic heterocycles. The molecule has 0 aromatic rings. The lowest BCUT2D eigenvalue weighted by Gasteiger charge is -2.52. The standard InChI is InChI=1S/C16H32N2O/c1-4-9-17-13-10-15-7-6-8-16(11-13)18(15)14(5-2)12-19-3/h13-17H,4-12H2,1-3H3. The fourth-order valence-electron chi connectivity index (χ4n) is 4.14. The molecule has 3 heteroatoms. The summed E-state index contributed by atoms with van der Waals surface area (Å²) in [5.74, 6) is 0. The van der Waals surface area contributed by atoms with Gasteiger partial charge in [0.05, 0.1) is 6.61 Å². The van der Waals surface area contributed by atoms with Crippen molar-refractivity contribution in [1.29, 1.82) is 0 Å². The fraction of sp³-hybridized carbons (Fsp3) is 1.00. The third kappa shape index (κ3) is 3.71. The minimum Gasteiger partial charge on any atom is -0.383 e. The van der Waals surface area contributed by atoms with E-state index in [-0.39, 0.29) is 0 Å². The van der Waals surface area contributed by atoms with E-state index in [1.165, 1.54) is 51.5 Å². The van der Waals surface area contributed by atoms with Gasteiger partial charge in [0.1, 0.15) is 0 Å². The predicted octanol–water partition coefficient (Wildman–Crippen LogP) is 2.80. The Bertz CT molecular complexity index is 245. The SMILES string of the molecule is CCCNC1CC2CCCC(C1)N2C(CC)COC. The molecule has 2 saturated heterocycles. The van der Waals surface area contributed by atoms with Crippen LogP contribution < -0.4 is 5.32 Å². The molecule has 2 bridgehead atoms. The smallest absolute Gasteiger partial charge is 0.0618 e. The Labute approximate surface area is 119 Å². The van der Waals surface area contributed by atoms with Gasteiger partial charge in [-0.15, -0.1) is 0 Å². The van der Waals surface area contributed by atoms with E-state index in [1.807, 2.05) is 7.11 Å². The van der Waals surface area contributed by atoms with Crippen molar-refractivity contribution in [1.82, 2.24) is 10.2 Å². The van der Waals surface area contributed by atoms with Gasteiger partial charge in [0.2, 0.25) is 0 Å². The molecule has 2 aliphatic heterocycles. The van der Waals surface area contributed by atoms with Crippen LogP contribution in [0.4, 0.5) is 0 Å². The van der Waals surface area contributed by atoms with E-state index < -0.39 is 0 Å². The molecule has 1 N–H and O–H groups in total. The van der Waals surface area contributed by atoms with Crippen LogP contribution in [0.15, 0.2) is 0 Å². The second-order valence-electron chi connectivity index (χ2n) is 6.33. The van der Waals surface area contributed by atoms with Gasteiger partial charge in [0, 0.05) is 31.3 Å².